The standard InChI is InChI=1S/C12H13N3O.2CHN/c1-8-6-11-9(7-14-13)4-3-5-10(11)12(16)15(8)2;2*1-2/h3-7H,13H2,1-2H3;2*1H. The van der Waals surface area contributed by atoms with Crippen LogP contribution in [0, 0.1) is 30.6 Å². The van der Waals surface area contributed by atoms with Gasteiger partial charge >= 0.3 is 0 Å². The first-order valence-corrected chi connectivity index (χ1v) is 5.49. The third-order valence-corrected chi connectivity index (χ3v) is 2.77. The van der Waals surface area contributed by atoms with Crippen molar-refractivity contribution >= 4 is 17.0 Å². The normalized spacial score (nSPS) is 9.30. The van der Waals surface area contributed by atoms with Crippen LogP contribution in [-0.4, -0.2) is 10.8 Å². The van der Waals surface area contributed by atoms with Crippen LogP contribution in [-0.2, 0) is 7.05 Å². The predicted molar refractivity (Wildman–Crippen MR) is 79.0 cm³/mol. The Kier molecular flexibility index (Phi) is 6.81. The van der Waals surface area contributed by atoms with Crippen molar-refractivity contribution in [2.24, 2.45) is 18.0 Å². The molecule has 0 aliphatic rings. The molecule has 0 fully saturated rings. The van der Waals surface area contributed by atoms with E-state index in [0.717, 1.165) is 16.6 Å². The third kappa shape index (κ3) is 3.21. The maximum absolute atomic E-state index is 12.0. The molecule has 0 atom stereocenters. The van der Waals surface area contributed by atoms with Crippen LogP contribution in [0.15, 0.2) is 34.2 Å². The number of nitriles is 2. The minimum atomic E-state index is 0.00210. The highest BCUT2D eigenvalue weighted by atomic mass is 16.1. The van der Waals surface area contributed by atoms with E-state index in [1.165, 1.54) is 0 Å². The summed E-state index contributed by atoms with van der Waals surface area (Å²) < 4.78 is 1.63. The molecule has 1 aromatic carbocycles. The second-order valence-corrected chi connectivity index (χ2v) is 3.74. The quantitative estimate of drug-likeness (QED) is 0.479. The lowest BCUT2D eigenvalue weighted by Crippen LogP contribution is -2.19. The molecule has 1 heterocycles. The molecular formula is C14H15N5O. The van der Waals surface area contributed by atoms with Crippen molar-refractivity contribution in [2.45, 2.75) is 6.92 Å². The molecule has 0 amide bonds. The van der Waals surface area contributed by atoms with Gasteiger partial charge in [0.2, 0.25) is 0 Å². The highest BCUT2D eigenvalue weighted by Gasteiger charge is 2.05. The molecule has 0 spiro atoms. The molecule has 0 unspecified atom stereocenters. The Bertz CT molecular complexity index is 704. The molecule has 6 nitrogen and oxygen atoms in total. The zero-order valence-electron chi connectivity index (χ0n) is 11.3. The summed E-state index contributed by atoms with van der Waals surface area (Å²) in [5, 5.41) is 18.1. The van der Waals surface area contributed by atoms with E-state index in [1.54, 1.807) is 17.8 Å². The lowest BCUT2D eigenvalue weighted by atomic mass is 10.1. The Labute approximate surface area is 117 Å². The fourth-order valence-electron chi connectivity index (χ4n) is 1.77. The van der Waals surface area contributed by atoms with Crippen molar-refractivity contribution in [1.82, 2.24) is 4.57 Å². The second kappa shape index (κ2) is 8.06. The minimum absolute atomic E-state index is 0.00210. The van der Waals surface area contributed by atoms with Gasteiger partial charge in [-0.25, -0.2) is 10.5 Å². The summed E-state index contributed by atoms with van der Waals surface area (Å²) in [6.45, 7) is 8.90. The largest absolute Gasteiger partial charge is 0.323 e. The van der Waals surface area contributed by atoms with Gasteiger partial charge in [0.1, 0.15) is 0 Å². The molecule has 2 rings (SSSR count). The van der Waals surface area contributed by atoms with Gasteiger partial charge in [0.15, 0.2) is 0 Å². The summed E-state index contributed by atoms with van der Waals surface area (Å²) in [6, 6.07) is 7.49. The molecule has 0 aliphatic heterocycles. The van der Waals surface area contributed by atoms with Crippen LogP contribution in [0.2, 0.25) is 0 Å². The number of benzene rings is 1. The first kappa shape index (κ1) is 16.9. The third-order valence-electron chi connectivity index (χ3n) is 2.77. The highest BCUT2D eigenvalue weighted by Crippen LogP contribution is 2.15. The molecule has 2 N–H and O–H groups in total. The highest BCUT2D eigenvalue weighted by molar-refractivity contribution is 5.99. The molecule has 1 aromatic heterocycles. The Balaban J connectivity index is 0.000000829. The fourth-order valence-corrected chi connectivity index (χ4v) is 1.77. The van der Waals surface area contributed by atoms with Crippen molar-refractivity contribution in [3.63, 3.8) is 0 Å². The summed E-state index contributed by atoms with van der Waals surface area (Å²) in [5.41, 5.74) is 1.78. The minimum Gasteiger partial charge on any atom is -0.323 e. The van der Waals surface area contributed by atoms with E-state index in [2.05, 4.69) is 18.2 Å². The maximum Gasteiger partial charge on any atom is 0.258 e. The van der Waals surface area contributed by atoms with Crippen molar-refractivity contribution in [2.75, 3.05) is 0 Å². The SMILES string of the molecule is C#N.C#N.Cc1cc2c(C=NN)cccc2c(=O)n1C. The van der Waals surface area contributed by atoms with Crippen LogP contribution in [0.3, 0.4) is 0 Å². The van der Waals surface area contributed by atoms with E-state index in [0.29, 0.717) is 5.39 Å². The topological polar surface area (TPSA) is 108 Å². The van der Waals surface area contributed by atoms with Gasteiger partial charge in [0.05, 0.1) is 6.21 Å². The molecule has 0 bridgehead atoms. The van der Waals surface area contributed by atoms with Crippen molar-refractivity contribution in [3.05, 3.63) is 45.9 Å². The van der Waals surface area contributed by atoms with Gasteiger partial charge in [-0.05, 0) is 24.4 Å². The lowest BCUT2D eigenvalue weighted by molar-refractivity contribution is 0.830. The zero-order valence-corrected chi connectivity index (χ0v) is 11.3. The number of nitrogens with zero attached hydrogens (tertiary/aromatic N) is 4. The van der Waals surface area contributed by atoms with Crippen LogP contribution < -0.4 is 11.4 Å². The molecule has 0 saturated carbocycles. The number of nitrogens with two attached hydrogens (primary N) is 1. The van der Waals surface area contributed by atoms with E-state index in [-0.39, 0.29) is 5.56 Å². The van der Waals surface area contributed by atoms with Crippen molar-refractivity contribution in [3.8, 4) is 13.1 Å². The van der Waals surface area contributed by atoms with Crippen molar-refractivity contribution in [1.29, 1.82) is 10.5 Å². The Morgan fingerprint density at radius 3 is 2.40 bits per heavy atom. The van der Waals surface area contributed by atoms with Gasteiger partial charge in [0, 0.05) is 36.8 Å². The molecule has 6 heteroatoms. The van der Waals surface area contributed by atoms with Crippen LogP contribution in [0.25, 0.3) is 10.8 Å². The number of hydrazone groups is 1. The number of rotatable bonds is 1. The van der Waals surface area contributed by atoms with Crippen LogP contribution in [0.1, 0.15) is 11.3 Å². The summed E-state index contributed by atoms with van der Waals surface area (Å²) in [6.07, 6.45) is 1.56. The number of aryl methyl sites for hydroxylation is 1. The van der Waals surface area contributed by atoms with E-state index < -0.39 is 0 Å². The predicted octanol–water partition coefficient (Wildman–Crippen LogP) is 1.42. The summed E-state index contributed by atoms with van der Waals surface area (Å²) in [4.78, 5) is 12.0. The molecule has 0 aliphatic carbocycles. The Morgan fingerprint density at radius 2 is 1.85 bits per heavy atom. The monoisotopic (exact) mass is 269 g/mol. The van der Waals surface area contributed by atoms with Gasteiger partial charge in [-0.2, -0.15) is 5.10 Å². The number of hydrogen-bond donors (Lipinski definition) is 1. The smallest absolute Gasteiger partial charge is 0.258 e. The van der Waals surface area contributed by atoms with Crippen molar-refractivity contribution < 1.29 is 0 Å². The zero-order chi connectivity index (χ0) is 15.7. The first-order valence-electron chi connectivity index (χ1n) is 5.49. The Hall–Kier alpha value is -3.12. The van der Waals surface area contributed by atoms with Crippen LogP contribution in [0.5, 0.6) is 0 Å². The van der Waals surface area contributed by atoms with Gasteiger partial charge in [-0.1, -0.05) is 12.1 Å². The van der Waals surface area contributed by atoms with Gasteiger partial charge in [-0.3, -0.25) is 4.79 Å². The van der Waals surface area contributed by atoms with Crippen LogP contribution in [0.4, 0.5) is 0 Å². The first-order chi connectivity index (χ1) is 9.65. The lowest BCUT2D eigenvalue weighted by Gasteiger charge is -2.07. The molecule has 102 valence electrons. The van der Waals surface area contributed by atoms with Gasteiger partial charge in [0.25, 0.3) is 5.56 Å². The summed E-state index contributed by atoms with van der Waals surface area (Å²) in [5.74, 6) is 5.14. The average molecular weight is 269 g/mol. The molecule has 0 saturated heterocycles. The van der Waals surface area contributed by atoms with E-state index in [9.17, 15) is 4.79 Å². The van der Waals surface area contributed by atoms with E-state index >= 15 is 0 Å². The van der Waals surface area contributed by atoms with Gasteiger partial charge < -0.3 is 10.4 Å². The number of aromatic nitrogens is 1. The second-order valence-electron chi connectivity index (χ2n) is 3.74. The maximum atomic E-state index is 12.0. The average Bonchev–Trinajstić information content (AvgIpc) is 2.50. The van der Waals surface area contributed by atoms with E-state index in [4.69, 9.17) is 16.4 Å². The molecular weight excluding hydrogens is 254 g/mol. The molecule has 0 radical (unpaired) electrons. The number of fused-ring (bicyclic) bond motifs is 1. The van der Waals surface area contributed by atoms with E-state index in [1.807, 2.05) is 31.2 Å². The molecule has 20 heavy (non-hydrogen) atoms. The summed E-state index contributed by atoms with van der Waals surface area (Å²) >= 11 is 0. The summed E-state index contributed by atoms with van der Waals surface area (Å²) in [7, 11) is 1.76. The van der Waals surface area contributed by atoms with Gasteiger partial charge in [-0.15, -0.1) is 0 Å². The number of pyridine rings is 1. The molecule has 2 aromatic rings. The van der Waals surface area contributed by atoms with Crippen LogP contribution >= 0.6 is 0 Å². The fraction of sp³-hybridized carbons (Fsp3) is 0.143. The number of hydrogen-bond acceptors (Lipinski definition) is 5. The Morgan fingerprint density at radius 1 is 1.25 bits per heavy atom.